The van der Waals surface area contributed by atoms with E-state index in [1.807, 2.05) is 20.0 Å². The van der Waals surface area contributed by atoms with Crippen molar-refractivity contribution >= 4 is 11.8 Å². The van der Waals surface area contributed by atoms with Crippen molar-refractivity contribution in [3.05, 3.63) is 23.8 Å². The van der Waals surface area contributed by atoms with E-state index in [1.165, 1.54) is 5.56 Å². The number of terminal acetylenes is 1. The minimum absolute atomic E-state index is 0.148. The summed E-state index contributed by atoms with van der Waals surface area (Å²) in [5.41, 5.74) is 1.25. The molecule has 0 saturated carbocycles. The Hall–Kier alpha value is -1.11. The summed E-state index contributed by atoms with van der Waals surface area (Å²) in [5, 5.41) is 0. The molecule has 1 aromatic rings. The third kappa shape index (κ3) is 3.69. The average molecular weight is 249 g/mol. The number of methoxy groups -OCH3 is 1. The van der Waals surface area contributed by atoms with Gasteiger partial charge in [-0.05, 0) is 37.9 Å². The van der Waals surface area contributed by atoms with Crippen LogP contribution < -0.4 is 4.74 Å². The van der Waals surface area contributed by atoms with E-state index in [2.05, 4.69) is 29.2 Å². The van der Waals surface area contributed by atoms with Crippen molar-refractivity contribution in [3.8, 4) is 18.1 Å². The second-order valence-electron chi connectivity index (χ2n) is 3.95. The number of hydrogen-bond donors (Lipinski definition) is 0. The topological polar surface area (TPSA) is 12.5 Å². The van der Waals surface area contributed by atoms with Crippen molar-refractivity contribution < 1.29 is 4.74 Å². The standard InChI is InChI=1S/C14H19NOS/c1-6-11(2)15(3)10-12-7-8-13(16-4)14(9-12)17-5/h1,7-9,11H,10H2,2-5H3. The van der Waals surface area contributed by atoms with Crippen LogP contribution in [0, 0.1) is 12.3 Å². The zero-order valence-electron chi connectivity index (χ0n) is 10.9. The first-order valence-corrected chi connectivity index (χ1v) is 6.72. The van der Waals surface area contributed by atoms with Gasteiger partial charge in [-0.15, -0.1) is 18.2 Å². The fraction of sp³-hybridized carbons (Fsp3) is 0.429. The maximum absolute atomic E-state index is 5.41. The van der Waals surface area contributed by atoms with Gasteiger partial charge in [-0.1, -0.05) is 12.0 Å². The lowest BCUT2D eigenvalue weighted by Crippen LogP contribution is -2.26. The number of rotatable bonds is 5. The first kappa shape index (κ1) is 14.0. The van der Waals surface area contributed by atoms with Gasteiger partial charge in [0.1, 0.15) is 5.75 Å². The lowest BCUT2D eigenvalue weighted by molar-refractivity contribution is 0.296. The van der Waals surface area contributed by atoms with Gasteiger partial charge in [-0.3, -0.25) is 4.90 Å². The predicted molar refractivity (Wildman–Crippen MR) is 74.5 cm³/mol. The van der Waals surface area contributed by atoms with E-state index in [9.17, 15) is 0 Å². The maximum Gasteiger partial charge on any atom is 0.132 e. The molecule has 0 heterocycles. The van der Waals surface area contributed by atoms with Crippen LogP contribution in [0.4, 0.5) is 0 Å². The highest BCUT2D eigenvalue weighted by molar-refractivity contribution is 7.98. The van der Waals surface area contributed by atoms with Gasteiger partial charge in [-0.25, -0.2) is 0 Å². The summed E-state index contributed by atoms with van der Waals surface area (Å²) in [6, 6.07) is 6.40. The quantitative estimate of drug-likeness (QED) is 0.588. The monoisotopic (exact) mass is 249 g/mol. The Balaban J connectivity index is 2.83. The van der Waals surface area contributed by atoms with E-state index in [4.69, 9.17) is 11.2 Å². The smallest absolute Gasteiger partial charge is 0.132 e. The largest absolute Gasteiger partial charge is 0.496 e. The molecule has 0 N–H and O–H groups in total. The number of nitrogens with zero attached hydrogens (tertiary/aromatic N) is 1. The minimum Gasteiger partial charge on any atom is -0.496 e. The second-order valence-corrected chi connectivity index (χ2v) is 4.80. The van der Waals surface area contributed by atoms with Crippen LogP contribution in [0.5, 0.6) is 5.75 Å². The lowest BCUT2D eigenvalue weighted by Gasteiger charge is -2.20. The van der Waals surface area contributed by atoms with E-state index in [1.54, 1.807) is 18.9 Å². The van der Waals surface area contributed by atoms with Crippen LogP contribution in [0.25, 0.3) is 0 Å². The summed E-state index contributed by atoms with van der Waals surface area (Å²) < 4.78 is 5.30. The van der Waals surface area contributed by atoms with E-state index < -0.39 is 0 Å². The molecule has 1 atom stereocenters. The number of ether oxygens (including phenoxy) is 1. The van der Waals surface area contributed by atoms with Crippen molar-refractivity contribution in [2.75, 3.05) is 20.4 Å². The molecule has 0 aromatic heterocycles. The molecule has 0 fully saturated rings. The molecule has 0 bridgehead atoms. The molecule has 3 heteroatoms. The van der Waals surface area contributed by atoms with Crippen molar-refractivity contribution in [2.45, 2.75) is 24.4 Å². The molecule has 0 aliphatic heterocycles. The summed E-state index contributed by atoms with van der Waals surface area (Å²) in [7, 11) is 3.73. The van der Waals surface area contributed by atoms with Crippen LogP contribution in [0.2, 0.25) is 0 Å². The van der Waals surface area contributed by atoms with E-state index in [0.29, 0.717) is 0 Å². The zero-order chi connectivity index (χ0) is 12.8. The summed E-state index contributed by atoms with van der Waals surface area (Å²) in [4.78, 5) is 3.30. The second kappa shape index (κ2) is 6.58. The molecule has 2 nitrogen and oxygen atoms in total. The minimum atomic E-state index is 0.148. The maximum atomic E-state index is 5.41. The van der Waals surface area contributed by atoms with Gasteiger partial charge >= 0.3 is 0 Å². The number of benzene rings is 1. The Morgan fingerprint density at radius 3 is 2.76 bits per heavy atom. The molecule has 92 valence electrons. The van der Waals surface area contributed by atoms with Crippen molar-refractivity contribution in [1.82, 2.24) is 4.90 Å². The summed E-state index contributed by atoms with van der Waals surface area (Å²) in [6.45, 7) is 2.88. The van der Waals surface area contributed by atoms with Crippen molar-refractivity contribution in [3.63, 3.8) is 0 Å². The Morgan fingerprint density at radius 1 is 1.53 bits per heavy atom. The molecule has 1 rings (SSSR count). The van der Waals surface area contributed by atoms with E-state index >= 15 is 0 Å². The fourth-order valence-corrected chi connectivity index (χ4v) is 2.15. The highest BCUT2D eigenvalue weighted by Gasteiger charge is 2.08. The van der Waals surface area contributed by atoms with Crippen LogP contribution in [-0.2, 0) is 6.54 Å². The summed E-state index contributed by atoms with van der Waals surface area (Å²) in [6.07, 6.45) is 7.46. The van der Waals surface area contributed by atoms with Gasteiger partial charge in [0.25, 0.3) is 0 Å². The Bertz CT molecular complexity index is 411. The first-order valence-electron chi connectivity index (χ1n) is 5.49. The normalized spacial score (nSPS) is 12.2. The third-order valence-corrected chi connectivity index (χ3v) is 3.54. The van der Waals surface area contributed by atoms with Gasteiger partial charge in [0.15, 0.2) is 0 Å². The van der Waals surface area contributed by atoms with Crippen LogP contribution >= 0.6 is 11.8 Å². The molecular weight excluding hydrogens is 230 g/mol. The SMILES string of the molecule is C#CC(C)N(C)Cc1ccc(OC)c(SC)c1. The van der Waals surface area contributed by atoms with E-state index in [-0.39, 0.29) is 6.04 Å². The molecule has 0 radical (unpaired) electrons. The molecular formula is C14H19NOS. The summed E-state index contributed by atoms with van der Waals surface area (Å²) in [5.74, 6) is 3.66. The Labute approximate surface area is 108 Å². The van der Waals surface area contributed by atoms with Gasteiger partial charge in [0.05, 0.1) is 13.2 Å². The van der Waals surface area contributed by atoms with Gasteiger partial charge in [-0.2, -0.15) is 0 Å². The van der Waals surface area contributed by atoms with Crippen LogP contribution in [0.3, 0.4) is 0 Å². The molecule has 0 aliphatic carbocycles. The molecule has 0 spiro atoms. The van der Waals surface area contributed by atoms with Crippen LogP contribution in [0.1, 0.15) is 12.5 Å². The predicted octanol–water partition coefficient (Wildman–Crippen LogP) is 2.87. The highest BCUT2D eigenvalue weighted by atomic mass is 32.2. The van der Waals surface area contributed by atoms with Crippen molar-refractivity contribution in [2.24, 2.45) is 0 Å². The lowest BCUT2D eigenvalue weighted by atomic mass is 10.2. The molecule has 1 aromatic carbocycles. The Kier molecular flexibility index (Phi) is 5.40. The molecule has 0 saturated heterocycles. The molecule has 0 amide bonds. The number of hydrogen-bond acceptors (Lipinski definition) is 3. The highest BCUT2D eigenvalue weighted by Crippen LogP contribution is 2.28. The van der Waals surface area contributed by atoms with Gasteiger partial charge in [0.2, 0.25) is 0 Å². The van der Waals surface area contributed by atoms with Gasteiger partial charge in [0, 0.05) is 11.4 Å². The third-order valence-electron chi connectivity index (χ3n) is 2.78. The first-order chi connectivity index (χ1) is 8.12. The summed E-state index contributed by atoms with van der Waals surface area (Å²) >= 11 is 1.69. The van der Waals surface area contributed by atoms with Crippen LogP contribution in [-0.4, -0.2) is 31.4 Å². The molecule has 1 unspecified atom stereocenters. The van der Waals surface area contributed by atoms with Crippen LogP contribution in [0.15, 0.2) is 23.1 Å². The van der Waals surface area contributed by atoms with E-state index in [0.717, 1.165) is 17.2 Å². The van der Waals surface area contributed by atoms with Gasteiger partial charge < -0.3 is 4.74 Å². The zero-order valence-corrected chi connectivity index (χ0v) is 11.7. The number of thioether (sulfide) groups is 1. The Morgan fingerprint density at radius 2 is 2.24 bits per heavy atom. The molecule has 17 heavy (non-hydrogen) atoms. The molecule has 0 aliphatic rings. The van der Waals surface area contributed by atoms with Crippen molar-refractivity contribution in [1.29, 1.82) is 0 Å². The average Bonchev–Trinajstić information content (AvgIpc) is 2.37. The fourth-order valence-electron chi connectivity index (χ4n) is 1.53.